The summed E-state index contributed by atoms with van der Waals surface area (Å²) in [5, 5.41) is 3.26. The van der Waals surface area contributed by atoms with Gasteiger partial charge in [-0.25, -0.2) is 0 Å². The van der Waals surface area contributed by atoms with E-state index in [2.05, 4.69) is 5.32 Å². The topological polar surface area (TPSA) is 55.4 Å². The van der Waals surface area contributed by atoms with Gasteiger partial charge in [-0.2, -0.15) is 0 Å². The molecule has 1 heterocycles. The summed E-state index contributed by atoms with van der Waals surface area (Å²) in [6.07, 6.45) is 2.62. The second-order valence-electron chi connectivity index (χ2n) is 5.76. The van der Waals surface area contributed by atoms with Crippen LogP contribution in [-0.4, -0.2) is 31.4 Å². The summed E-state index contributed by atoms with van der Waals surface area (Å²) in [5.41, 5.74) is -0.533. The largest absolute Gasteiger partial charge is 0.457 e. The summed E-state index contributed by atoms with van der Waals surface area (Å²) in [4.78, 5) is 23.1. The number of nitrogens with one attached hydrogen (secondary N) is 1. The lowest BCUT2D eigenvalue weighted by Crippen LogP contribution is -2.30. The molecule has 1 aliphatic rings. The van der Waals surface area contributed by atoms with Crippen molar-refractivity contribution in [3.8, 4) is 0 Å². The van der Waals surface area contributed by atoms with Crippen molar-refractivity contribution >= 4 is 11.8 Å². The Kier molecular flexibility index (Phi) is 5.12. The Bertz CT molecular complexity index is 275. The van der Waals surface area contributed by atoms with Crippen LogP contribution in [0.2, 0.25) is 0 Å². The molecule has 0 spiro atoms. The molecule has 4 nitrogen and oxygen atoms in total. The van der Waals surface area contributed by atoms with Crippen molar-refractivity contribution in [3.05, 3.63) is 0 Å². The number of hydrogen-bond donors (Lipinski definition) is 1. The monoisotopic (exact) mass is 241 g/mol. The maximum absolute atomic E-state index is 11.6. The predicted molar refractivity (Wildman–Crippen MR) is 65.6 cm³/mol. The Hall–Kier alpha value is -0.900. The summed E-state index contributed by atoms with van der Waals surface area (Å²) in [6.45, 7) is 7.26. The zero-order valence-corrected chi connectivity index (χ0v) is 11.0. The Balaban J connectivity index is 2.23. The fraction of sp³-hybridized carbons (Fsp3) is 0.846. The minimum Gasteiger partial charge on any atom is -0.457 e. The van der Waals surface area contributed by atoms with E-state index in [-0.39, 0.29) is 18.4 Å². The van der Waals surface area contributed by atoms with Gasteiger partial charge in [0.05, 0.1) is 5.41 Å². The SMILES string of the molecule is CC(C)(C)C(=O)OCC(=O)CC1CCNCC1. The van der Waals surface area contributed by atoms with Crippen molar-refractivity contribution in [2.45, 2.75) is 40.0 Å². The highest BCUT2D eigenvalue weighted by Gasteiger charge is 2.24. The molecular weight excluding hydrogens is 218 g/mol. The quantitative estimate of drug-likeness (QED) is 0.758. The van der Waals surface area contributed by atoms with Crippen LogP contribution in [0.15, 0.2) is 0 Å². The third-order valence-corrected chi connectivity index (χ3v) is 2.95. The van der Waals surface area contributed by atoms with E-state index in [1.54, 1.807) is 20.8 Å². The van der Waals surface area contributed by atoms with Gasteiger partial charge in [-0.15, -0.1) is 0 Å². The molecule has 1 aliphatic heterocycles. The van der Waals surface area contributed by atoms with E-state index in [9.17, 15) is 9.59 Å². The molecule has 0 bridgehead atoms. The molecule has 17 heavy (non-hydrogen) atoms. The number of piperidine rings is 1. The first-order valence-corrected chi connectivity index (χ1v) is 6.29. The second kappa shape index (κ2) is 6.15. The van der Waals surface area contributed by atoms with Gasteiger partial charge in [-0.1, -0.05) is 0 Å². The highest BCUT2D eigenvalue weighted by molar-refractivity contribution is 5.83. The van der Waals surface area contributed by atoms with Gasteiger partial charge in [0.2, 0.25) is 0 Å². The molecule has 98 valence electrons. The van der Waals surface area contributed by atoms with Gasteiger partial charge in [0, 0.05) is 6.42 Å². The molecule has 0 atom stereocenters. The van der Waals surface area contributed by atoms with Crippen LogP contribution in [0.1, 0.15) is 40.0 Å². The first kappa shape index (κ1) is 14.2. The van der Waals surface area contributed by atoms with Crippen LogP contribution in [-0.2, 0) is 14.3 Å². The van der Waals surface area contributed by atoms with E-state index in [1.807, 2.05) is 0 Å². The van der Waals surface area contributed by atoms with E-state index < -0.39 is 5.41 Å². The highest BCUT2D eigenvalue weighted by Crippen LogP contribution is 2.18. The third-order valence-electron chi connectivity index (χ3n) is 2.95. The summed E-state index contributed by atoms with van der Waals surface area (Å²) in [6, 6.07) is 0. The minimum absolute atomic E-state index is 0.0366. The molecule has 0 aromatic heterocycles. The maximum atomic E-state index is 11.6. The Morgan fingerprint density at radius 2 is 1.82 bits per heavy atom. The Labute approximate surface area is 103 Å². The number of esters is 1. The average Bonchev–Trinajstić information content (AvgIpc) is 2.26. The molecule has 1 N–H and O–H groups in total. The fourth-order valence-corrected chi connectivity index (χ4v) is 1.83. The molecule has 0 aromatic rings. The second-order valence-corrected chi connectivity index (χ2v) is 5.76. The van der Waals surface area contributed by atoms with Crippen LogP contribution in [0.5, 0.6) is 0 Å². The molecule has 0 amide bonds. The lowest BCUT2D eigenvalue weighted by Gasteiger charge is -2.22. The van der Waals surface area contributed by atoms with Crippen molar-refractivity contribution in [2.75, 3.05) is 19.7 Å². The smallest absolute Gasteiger partial charge is 0.311 e. The summed E-state index contributed by atoms with van der Waals surface area (Å²) >= 11 is 0. The number of hydrogen-bond acceptors (Lipinski definition) is 4. The Morgan fingerprint density at radius 3 is 2.35 bits per heavy atom. The van der Waals surface area contributed by atoms with E-state index in [0.29, 0.717) is 12.3 Å². The van der Waals surface area contributed by atoms with Crippen molar-refractivity contribution in [3.63, 3.8) is 0 Å². The molecule has 0 radical (unpaired) electrons. The third kappa shape index (κ3) is 5.31. The molecular formula is C13H23NO3. The van der Waals surface area contributed by atoms with Crippen LogP contribution in [0, 0.1) is 11.3 Å². The van der Waals surface area contributed by atoms with Gasteiger partial charge in [-0.3, -0.25) is 9.59 Å². The van der Waals surface area contributed by atoms with Gasteiger partial charge in [0.1, 0.15) is 6.61 Å². The van der Waals surface area contributed by atoms with Gasteiger partial charge in [0.15, 0.2) is 5.78 Å². The number of rotatable bonds is 4. The normalized spacial score (nSPS) is 17.8. The van der Waals surface area contributed by atoms with E-state index >= 15 is 0 Å². The fourth-order valence-electron chi connectivity index (χ4n) is 1.83. The van der Waals surface area contributed by atoms with E-state index in [1.165, 1.54) is 0 Å². The molecule has 1 rings (SSSR count). The van der Waals surface area contributed by atoms with E-state index in [4.69, 9.17) is 4.74 Å². The zero-order valence-electron chi connectivity index (χ0n) is 11.0. The van der Waals surface area contributed by atoms with E-state index in [0.717, 1.165) is 25.9 Å². The molecule has 0 aliphatic carbocycles. The number of carbonyl (C=O) groups excluding carboxylic acids is 2. The molecule has 0 aromatic carbocycles. The van der Waals surface area contributed by atoms with Gasteiger partial charge in [-0.05, 0) is 52.6 Å². The van der Waals surface area contributed by atoms with Gasteiger partial charge in [0.25, 0.3) is 0 Å². The lowest BCUT2D eigenvalue weighted by atomic mass is 9.93. The number of carbonyl (C=O) groups is 2. The molecule has 0 unspecified atom stereocenters. The van der Waals surface area contributed by atoms with Crippen LogP contribution in [0.4, 0.5) is 0 Å². The van der Waals surface area contributed by atoms with Crippen molar-refractivity contribution in [2.24, 2.45) is 11.3 Å². The van der Waals surface area contributed by atoms with Crippen LogP contribution < -0.4 is 5.32 Å². The van der Waals surface area contributed by atoms with Gasteiger partial charge >= 0.3 is 5.97 Å². The highest BCUT2D eigenvalue weighted by atomic mass is 16.5. The summed E-state index contributed by atoms with van der Waals surface area (Å²) in [7, 11) is 0. The van der Waals surface area contributed by atoms with Crippen molar-refractivity contribution in [1.82, 2.24) is 5.32 Å². The molecule has 1 saturated heterocycles. The predicted octanol–water partition coefficient (Wildman–Crippen LogP) is 1.53. The van der Waals surface area contributed by atoms with Crippen molar-refractivity contribution in [1.29, 1.82) is 0 Å². The lowest BCUT2D eigenvalue weighted by molar-refractivity contribution is -0.156. The number of ether oxygens (including phenoxy) is 1. The first-order valence-electron chi connectivity index (χ1n) is 6.29. The van der Waals surface area contributed by atoms with Crippen LogP contribution >= 0.6 is 0 Å². The van der Waals surface area contributed by atoms with Crippen LogP contribution in [0.25, 0.3) is 0 Å². The Morgan fingerprint density at radius 1 is 1.24 bits per heavy atom. The summed E-state index contributed by atoms with van der Waals surface area (Å²) in [5.74, 6) is 0.183. The maximum Gasteiger partial charge on any atom is 0.311 e. The molecule has 1 fully saturated rings. The zero-order chi connectivity index (χ0) is 12.9. The number of Topliss-reactive ketones (excluding diaryl/α,β-unsaturated/α-hetero) is 1. The first-order chi connectivity index (χ1) is 7.89. The standard InChI is InChI=1S/C13H23NO3/c1-13(2,3)12(16)17-9-11(15)8-10-4-6-14-7-5-10/h10,14H,4-9H2,1-3H3. The van der Waals surface area contributed by atoms with Crippen molar-refractivity contribution < 1.29 is 14.3 Å². The molecule has 4 heteroatoms. The molecule has 0 saturated carbocycles. The average molecular weight is 241 g/mol. The summed E-state index contributed by atoms with van der Waals surface area (Å²) < 4.78 is 5.01. The number of ketones is 1. The van der Waals surface area contributed by atoms with Crippen LogP contribution in [0.3, 0.4) is 0 Å². The minimum atomic E-state index is -0.533. The van der Waals surface area contributed by atoms with Gasteiger partial charge < -0.3 is 10.1 Å².